The van der Waals surface area contributed by atoms with E-state index in [1.807, 2.05) is 25.5 Å². The van der Waals surface area contributed by atoms with Crippen molar-refractivity contribution in [2.45, 2.75) is 44.8 Å². The highest BCUT2D eigenvalue weighted by Crippen LogP contribution is 2.36. The van der Waals surface area contributed by atoms with E-state index in [0.717, 1.165) is 34.7 Å². The summed E-state index contributed by atoms with van der Waals surface area (Å²) in [5.41, 5.74) is 4.10. The van der Waals surface area contributed by atoms with Crippen molar-refractivity contribution in [3.63, 3.8) is 0 Å². The zero-order chi connectivity index (χ0) is 15.0. The lowest BCUT2D eigenvalue weighted by atomic mass is 9.97. The van der Waals surface area contributed by atoms with Crippen LogP contribution in [0.2, 0.25) is 0 Å². The first-order valence-corrected chi connectivity index (χ1v) is 8.06. The average molecular weight is 302 g/mol. The normalized spacial score (nSPS) is 14.4. The lowest BCUT2D eigenvalue weighted by molar-refractivity contribution is 0.102. The Bertz CT molecular complexity index is 668. The van der Waals surface area contributed by atoms with Crippen molar-refractivity contribution in [3.05, 3.63) is 34.4 Å². The lowest BCUT2D eigenvalue weighted by Crippen LogP contribution is -2.09. The van der Waals surface area contributed by atoms with Crippen LogP contribution < -0.4 is 0 Å². The molecule has 1 saturated carbocycles. The third-order valence-electron chi connectivity index (χ3n) is 3.64. The lowest BCUT2D eigenvalue weighted by Gasteiger charge is -2.10. The fourth-order valence-electron chi connectivity index (χ4n) is 2.65. The van der Waals surface area contributed by atoms with Gasteiger partial charge in [-0.1, -0.05) is 29.5 Å². The number of aryl methyl sites for hydroxylation is 3. The van der Waals surface area contributed by atoms with E-state index in [9.17, 15) is 4.79 Å². The number of aromatic nitrogens is 4. The monoisotopic (exact) mass is 302 g/mol. The van der Waals surface area contributed by atoms with Crippen molar-refractivity contribution in [1.82, 2.24) is 20.2 Å². The topological polar surface area (TPSA) is 60.7 Å². The van der Waals surface area contributed by atoms with E-state index in [2.05, 4.69) is 27.7 Å². The summed E-state index contributed by atoms with van der Waals surface area (Å²) in [4.78, 5) is 12.5. The smallest absolute Gasteiger partial charge is 0.210 e. The molecule has 0 N–H and O–H groups in total. The predicted molar refractivity (Wildman–Crippen MR) is 81.8 cm³/mol. The van der Waals surface area contributed by atoms with Crippen molar-refractivity contribution >= 4 is 17.5 Å². The zero-order valence-corrected chi connectivity index (χ0v) is 13.3. The number of nitrogens with zero attached hydrogens (tertiary/aromatic N) is 4. The van der Waals surface area contributed by atoms with E-state index < -0.39 is 0 Å². The molecule has 6 heteroatoms. The molecule has 2 aromatic rings. The quantitative estimate of drug-likeness (QED) is 0.628. The largest absolute Gasteiger partial charge is 0.293 e. The highest BCUT2D eigenvalue weighted by molar-refractivity contribution is 7.99. The fraction of sp³-hybridized carbons (Fsp3) is 0.467. The Kier molecular flexibility index (Phi) is 3.80. The second-order valence-corrected chi connectivity index (χ2v) is 6.57. The van der Waals surface area contributed by atoms with Crippen LogP contribution in [0.4, 0.5) is 0 Å². The van der Waals surface area contributed by atoms with Gasteiger partial charge in [0.1, 0.15) is 0 Å². The van der Waals surface area contributed by atoms with Crippen LogP contribution in [0.3, 0.4) is 0 Å². The van der Waals surface area contributed by atoms with E-state index in [1.165, 1.54) is 17.3 Å². The molecule has 0 atom stereocenters. The Morgan fingerprint density at radius 1 is 1.29 bits per heavy atom. The van der Waals surface area contributed by atoms with Gasteiger partial charge in [0.15, 0.2) is 5.78 Å². The van der Waals surface area contributed by atoms with Gasteiger partial charge in [0.05, 0.1) is 11.8 Å². The Balaban J connectivity index is 1.73. The van der Waals surface area contributed by atoms with Crippen LogP contribution in [0, 0.1) is 20.8 Å². The molecule has 110 valence electrons. The number of hydrogen-bond donors (Lipinski definition) is 0. The summed E-state index contributed by atoms with van der Waals surface area (Å²) in [7, 11) is 0. The summed E-state index contributed by atoms with van der Waals surface area (Å²) in [5, 5.41) is 12.5. The predicted octanol–water partition coefficient (Wildman–Crippen LogP) is 2.91. The molecule has 0 aliphatic heterocycles. The van der Waals surface area contributed by atoms with Crippen LogP contribution in [-0.4, -0.2) is 31.7 Å². The van der Waals surface area contributed by atoms with Crippen LogP contribution in [0.15, 0.2) is 17.3 Å². The molecule has 3 rings (SSSR count). The summed E-state index contributed by atoms with van der Waals surface area (Å²) in [6.45, 7) is 6.03. The highest BCUT2D eigenvalue weighted by Gasteiger charge is 2.28. The third-order valence-corrected chi connectivity index (χ3v) is 4.58. The maximum atomic E-state index is 12.5. The van der Waals surface area contributed by atoms with Gasteiger partial charge in [0, 0.05) is 5.56 Å². The van der Waals surface area contributed by atoms with Crippen molar-refractivity contribution in [3.8, 4) is 0 Å². The van der Waals surface area contributed by atoms with E-state index in [-0.39, 0.29) is 5.78 Å². The van der Waals surface area contributed by atoms with E-state index in [0.29, 0.717) is 11.8 Å². The minimum atomic E-state index is 0.139. The molecule has 0 unspecified atom stereocenters. The number of thioether (sulfide) groups is 1. The Morgan fingerprint density at radius 2 is 1.95 bits per heavy atom. The second-order valence-electron chi connectivity index (χ2n) is 5.62. The van der Waals surface area contributed by atoms with Gasteiger partial charge in [-0.25, -0.2) is 4.68 Å². The molecule has 1 fully saturated rings. The van der Waals surface area contributed by atoms with Crippen LogP contribution in [0.1, 0.15) is 45.9 Å². The molecular formula is C15H18N4OS. The third kappa shape index (κ3) is 3.00. The van der Waals surface area contributed by atoms with E-state index in [1.54, 1.807) is 0 Å². The van der Waals surface area contributed by atoms with E-state index >= 15 is 0 Å². The molecule has 1 aromatic carbocycles. The van der Waals surface area contributed by atoms with Crippen molar-refractivity contribution < 1.29 is 4.79 Å². The second kappa shape index (κ2) is 5.60. The van der Waals surface area contributed by atoms with Gasteiger partial charge in [0.2, 0.25) is 5.16 Å². The first-order valence-electron chi connectivity index (χ1n) is 7.08. The summed E-state index contributed by atoms with van der Waals surface area (Å²) in [5.74, 6) is 0.512. The molecule has 0 spiro atoms. The molecule has 0 radical (unpaired) electrons. The van der Waals surface area contributed by atoms with E-state index in [4.69, 9.17) is 0 Å². The van der Waals surface area contributed by atoms with Crippen molar-refractivity contribution in [1.29, 1.82) is 0 Å². The molecule has 0 bridgehead atoms. The first kappa shape index (κ1) is 14.3. The first-order chi connectivity index (χ1) is 10.1. The summed E-state index contributed by atoms with van der Waals surface area (Å²) >= 11 is 1.42. The summed E-state index contributed by atoms with van der Waals surface area (Å²) in [6, 6.07) is 4.54. The van der Waals surface area contributed by atoms with Crippen LogP contribution in [0.5, 0.6) is 0 Å². The minimum absolute atomic E-state index is 0.139. The highest BCUT2D eigenvalue weighted by atomic mass is 32.2. The fourth-order valence-corrected chi connectivity index (χ4v) is 3.47. The minimum Gasteiger partial charge on any atom is -0.293 e. The number of carbonyl (C=O) groups is 1. The van der Waals surface area contributed by atoms with Gasteiger partial charge in [-0.2, -0.15) is 0 Å². The van der Waals surface area contributed by atoms with Gasteiger partial charge in [-0.3, -0.25) is 4.79 Å². The Hall–Kier alpha value is -1.69. The van der Waals surface area contributed by atoms with Gasteiger partial charge >= 0.3 is 0 Å². The van der Waals surface area contributed by atoms with Gasteiger partial charge in [-0.15, -0.1) is 5.10 Å². The van der Waals surface area contributed by atoms with Crippen LogP contribution in [-0.2, 0) is 0 Å². The number of carbonyl (C=O) groups excluding carboxylic acids is 1. The van der Waals surface area contributed by atoms with Crippen molar-refractivity contribution in [2.75, 3.05) is 5.75 Å². The zero-order valence-electron chi connectivity index (χ0n) is 12.5. The van der Waals surface area contributed by atoms with Gasteiger partial charge in [-0.05, 0) is 55.2 Å². The molecule has 0 amide bonds. The molecule has 1 aromatic heterocycles. The molecule has 1 aliphatic carbocycles. The number of hydrogen-bond acceptors (Lipinski definition) is 5. The number of rotatable bonds is 5. The molecule has 1 heterocycles. The van der Waals surface area contributed by atoms with Crippen LogP contribution in [0.25, 0.3) is 0 Å². The number of Topliss-reactive ketones (excluding diaryl/α,β-unsaturated/α-hetero) is 1. The molecule has 21 heavy (non-hydrogen) atoms. The Labute approximate surface area is 128 Å². The summed E-state index contributed by atoms with van der Waals surface area (Å²) < 4.78 is 1.84. The number of ketones is 1. The van der Waals surface area contributed by atoms with Crippen molar-refractivity contribution in [2.24, 2.45) is 0 Å². The standard InChI is InChI=1S/C15H18N4OS/c1-9-6-10(2)14(11(3)7-9)13(20)8-21-15-16-17-18-19(15)12-4-5-12/h6-7,12H,4-5,8H2,1-3H3. The number of benzene rings is 1. The van der Waals surface area contributed by atoms with Gasteiger partial charge in [0.25, 0.3) is 0 Å². The Morgan fingerprint density at radius 3 is 2.57 bits per heavy atom. The molecule has 1 aliphatic rings. The maximum Gasteiger partial charge on any atom is 0.210 e. The number of tetrazole rings is 1. The molecule has 5 nitrogen and oxygen atoms in total. The average Bonchev–Trinajstić information content (AvgIpc) is 3.14. The molecular weight excluding hydrogens is 284 g/mol. The summed E-state index contributed by atoms with van der Waals surface area (Å²) in [6.07, 6.45) is 2.26. The van der Waals surface area contributed by atoms with Gasteiger partial charge < -0.3 is 0 Å². The molecule has 0 saturated heterocycles. The SMILES string of the molecule is Cc1cc(C)c(C(=O)CSc2nnnn2C2CC2)c(C)c1. The maximum absolute atomic E-state index is 12.5. The van der Waals surface area contributed by atoms with Crippen LogP contribution >= 0.6 is 11.8 Å².